The first kappa shape index (κ1) is 24.0. The zero-order valence-corrected chi connectivity index (χ0v) is 19.1. The number of ether oxygens (including phenoxy) is 2. The van der Waals surface area contributed by atoms with Crippen LogP contribution in [0.3, 0.4) is 0 Å². The summed E-state index contributed by atoms with van der Waals surface area (Å²) in [6.45, 7) is 4.65. The SMILES string of the molecule is CCCCCOc1ccccc1C(=O)c1cc(C(=O)OCC)c(=O)n(Cc2ccccc2)c1. The molecule has 1 aromatic heterocycles. The Labute approximate surface area is 193 Å². The molecule has 0 fully saturated rings. The average molecular weight is 448 g/mol. The Hall–Kier alpha value is -3.67. The number of nitrogens with zero attached hydrogens (tertiary/aromatic N) is 1. The van der Waals surface area contributed by atoms with Gasteiger partial charge >= 0.3 is 5.97 Å². The second kappa shape index (κ2) is 11.8. The fourth-order valence-electron chi connectivity index (χ4n) is 3.48. The maximum absolute atomic E-state index is 13.5. The Balaban J connectivity index is 2.00. The third-order valence-electron chi connectivity index (χ3n) is 5.18. The van der Waals surface area contributed by atoms with Crippen molar-refractivity contribution in [3.05, 3.63) is 99.5 Å². The predicted octanol–water partition coefficient (Wildman–Crippen LogP) is 4.87. The van der Waals surface area contributed by atoms with Crippen molar-refractivity contribution in [3.63, 3.8) is 0 Å². The monoisotopic (exact) mass is 447 g/mol. The van der Waals surface area contributed by atoms with E-state index in [0.717, 1.165) is 24.8 Å². The smallest absolute Gasteiger partial charge is 0.343 e. The van der Waals surface area contributed by atoms with E-state index in [0.29, 0.717) is 17.9 Å². The topological polar surface area (TPSA) is 74.6 Å². The lowest BCUT2D eigenvalue weighted by molar-refractivity contribution is 0.0523. The van der Waals surface area contributed by atoms with E-state index in [1.807, 2.05) is 36.4 Å². The van der Waals surface area contributed by atoms with E-state index in [4.69, 9.17) is 9.47 Å². The molecule has 0 aliphatic heterocycles. The molecule has 6 heteroatoms. The van der Waals surface area contributed by atoms with Gasteiger partial charge in [0.1, 0.15) is 11.3 Å². The van der Waals surface area contributed by atoms with Crippen molar-refractivity contribution >= 4 is 11.8 Å². The fourth-order valence-corrected chi connectivity index (χ4v) is 3.48. The third kappa shape index (κ3) is 6.19. The largest absolute Gasteiger partial charge is 0.493 e. The van der Waals surface area contributed by atoms with Crippen LogP contribution in [0.4, 0.5) is 0 Å². The lowest BCUT2D eigenvalue weighted by atomic mass is 10.0. The molecule has 0 atom stereocenters. The molecule has 0 saturated heterocycles. The normalized spacial score (nSPS) is 10.6. The Morgan fingerprint density at radius 3 is 2.36 bits per heavy atom. The average Bonchev–Trinajstić information content (AvgIpc) is 2.83. The number of hydrogen-bond acceptors (Lipinski definition) is 5. The van der Waals surface area contributed by atoms with Crippen LogP contribution in [0.1, 0.15) is 65.0 Å². The number of ketones is 1. The van der Waals surface area contributed by atoms with Crippen molar-refractivity contribution in [1.29, 1.82) is 0 Å². The second-order valence-electron chi connectivity index (χ2n) is 7.66. The molecule has 0 aliphatic rings. The Kier molecular flexibility index (Phi) is 8.58. The highest BCUT2D eigenvalue weighted by Crippen LogP contribution is 2.22. The van der Waals surface area contributed by atoms with E-state index in [2.05, 4.69) is 6.92 Å². The molecular formula is C27H29NO5. The molecule has 0 amide bonds. The summed E-state index contributed by atoms with van der Waals surface area (Å²) in [6, 6.07) is 17.7. The van der Waals surface area contributed by atoms with E-state index < -0.39 is 11.5 Å². The van der Waals surface area contributed by atoms with Gasteiger partial charge in [-0.15, -0.1) is 0 Å². The minimum Gasteiger partial charge on any atom is -0.493 e. The van der Waals surface area contributed by atoms with Crippen molar-refractivity contribution in [2.75, 3.05) is 13.2 Å². The van der Waals surface area contributed by atoms with Gasteiger partial charge in [-0.3, -0.25) is 9.59 Å². The molecule has 0 N–H and O–H groups in total. The van der Waals surface area contributed by atoms with Gasteiger partial charge in [-0.05, 0) is 37.1 Å². The van der Waals surface area contributed by atoms with Gasteiger partial charge in [0.2, 0.25) is 0 Å². The number of para-hydroxylation sites is 1. The Morgan fingerprint density at radius 1 is 0.909 bits per heavy atom. The summed E-state index contributed by atoms with van der Waals surface area (Å²) >= 11 is 0. The highest BCUT2D eigenvalue weighted by molar-refractivity contribution is 6.11. The molecule has 33 heavy (non-hydrogen) atoms. The fraction of sp³-hybridized carbons (Fsp3) is 0.296. The summed E-state index contributed by atoms with van der Waals surface area (Å²) in [6.07, 6.45) is 4.51. The number of carbonyl (C=O) groups is 2. The van der Waals surface area contributed by atoms with Crippen LogP contribution in [-0.2, 0) is 11.3 Å². The highest BCUT2D eigenvalue weighted by atomic mass is 16.5. The molecule has 2 aromatic carbocycles. The van der Waals surface area contributed by atoms with E-state index in [1.165, 1.54) is 16.8 Å². The summed E-state index contributed by atoms with van der Waals surface area (Å²) in [7, 11) is 0. The third-order valence-corrected chi connectivity index (χ3v) is 5.18. The number of esters is 1. The van der Waals surface area contributed by atoms with Gasteiger partial charge in [-0.2, -0.15) is 0 Å². The maximum atomic E-state index is 13.5. The standard InChI is InChI=1S/C27H29NO5/c1-3-5-11-16-33-24-15-10-9-14-22(24)25(29)21-17-23(27(31)32-4-2)26(30)28(19-21)18-20-12-7-6-8-13-20/h6-10,12-15,17,19H,3-5,11,16,18H2,1-2H3. The predicted molar refractivity (Wildman–Crippen MR) is 127 cm³/mol. The van der Waals surface area contributed by atoms with Gasteiger partial charge < -0.3 is 14.0 Å². The van der Waals surface area contributed by atoms with Crippen molar-refractivity contribution in [1.82, 2.24) is 4.57 Å². The minimum absolute atomic E-state index is 0.129. The van der Waals surface area contributed by atoms with E-state index in [1.54, 1.807) is 25.1 Å². The summed E-state index contributed by atoms with van der Waals surface area (Å²) in [5.74, 6) is -0.589. The zero-order chi connectivity index (χ0) is 23.6. The van der Waals surface area contributed by atoms with Gasteiger partial charge in [0.25, 0.3) is 5.56 Å². The van der Waals surface area contributed by atoms with E-state index in [-0.39, 0.29) is 30.1 Å². The van der Waals surface area contributed by atoms with Crippen LogP contribution in [0.5, 0.6) is 5.75 Å². The number of benzene rings is 2. The molecule has 0 bridgehead atoms. The van der Waals surface area contributed by atoms with Crippen LogP contribution in [0, 0.1) is 0 Å². The van der Waals surface area contributed by atoms with Crippen molar-refractivity contribution in [2.24, 2.45) is 0 Å². The van der Waals surface area contributed by atoms with Crippen LogP contribution in [0.2, 0.25) is 0 Å². The van der Waals surface area contributed by atoms with Crippen LogP contribution in [0.25, 0.3) is 0 Å². The Morgan fingerprint density at radius 2 is 1.64 bits per heavy atom. The molecule has 0 aliphatic carbocycles. The second-order valence-corrected chi connectivity index (χ2v) is 7.66. The van der Waals surface area contributed by atoms with Crippen molar-refractivity contribution in [3.8, 4) is 5.75 Å². The molecule has 0 radical (unpaired) electrons. The Bertz CT molecular complexity index is 1150. The number of unbranched alkanes of at least 4 members (excludes halogenated alkanes) is 2. The van der Waals surface area contributed by atoms with E-state index >= 15 is 0 Å². The van der Waals surface area contributed by atoms with Crippen molar-refractivity contribution in [2.45, 2.75) is 39.7 Å². The van der Waals surface area contributed by atoms with Crippen molar-refractivity contribution < 1.29 is 19.1 Å². The molecule has 172 valence electrons. The first-order valence-electron chi connectivity index (χ1n) is 11.3. The first-order chi connectivity index (χ1) is 16.0. The lowest BCUT2D eigenvalue weighted by Crippen LogP contribution is -2.29. The van der Waals surface area contributed by atoms with Crippen LogP contribution in [-0.4, -0.2) is 29.5 Å². The van der Waals surface area contributed by atoms with Gasteiger partial charge in [-0.25, -0.2) is 4.79 Å². The van der Waals surface area contributed by atoms with Crippen LogP contribution >= 0.6 is 0 Å². The summed E-state index contributed by atoms with van der Waals surface area (Å²) in [4.78, 5) is 38.9. The highest BCUT2D eigenvalue weighted by Gasteiger charge is 2.21. The molecule has 3 rings (SSSR count). The van der Waals surface area contributed by atoms with Crippen LogP contribution < -0.4 is 10.3 Å². The molecule has 0 unspecified atom stereocenters. The lowest BCUT2D eigenvalue weighted by Gasteiger charge is -2.13. The molecule has 3 aromatic rings. The number of pyridine rings is 1. The number of hydrogen-bond donors (Lipinski definition) is 0. The molecule has 0 saturated carbocycles. The van der Waals surface area contributed by atoms with Gasteiger partial charge in [0.05, 0.1) is 25.3 Å². The van der Waals surface area contributed by atoms with Gasteiger partial charge in [0.15, 0.2) is 5.78 Å². The molecular weight excluding hydrogens is 418 g/mol. The zero-order valence-electron chi connectivity index (χ0n) is 19.1. The number of aromatic nitrogens is 1. The molecule has 1 heterocycles. The summed E-state index contributed by atoms with van der Waals surface area (Å²) < 4.78 is 12.3. The summed E-state index contributed by atoms with van der Waals surface area (Å²) in [5, 5.41) is 0. The number of carbonyl (C=O) groups excluding carboxylic acids is 2. The van der Waals surface area contributed by atoms with Gasteiger partial charge in [-0.1, -0.05) is 62.2 Å². The summed E-state index contributed by atoms with van der Waals surface area (Å²) in [5.41, 5.74) is 0.809. The molecule has 6 nitrogen and oxygen atoms in total. The number of rotatable bonds is 11. The van der Waals surface area contributed by atoms with Crippen LogP contribution in [0.15, 0.2) is 71.7 Å². The van der Waals surface area contributed by atoms with Gasteiger partial charge in [0, 0.05) is 11.8 Å². The first-order valence-corrected chi connectivity index (χ1v) is 11.3. The maximum Gasteiger partial charge on any atom is 0.343 e. The molecule has 0 spiro atoms. The quantitative estimate of drug-likeness (QED) is 0.238. The minimum atomic E-state index is -0.747. The van der Waals surface area contributed by atoms with E-state index in [9.17, 15) is 14.4 Å².